The largest absolute Gasteiger partial charge is 0.451 e. The molecule has 7 heteroatoms. The number of benzene rings is 2. The minimum Gasteiger partial charge on any atom is -0.451 e. The number of amides is 2. The van der Waals surface area contributed by atoms with E-state index >= 15 is 0 Å². The monoisotopic (exact) mass is 422 g/mol. The Morgan fingerprint density at radius 2 is 1.45 bits per heavy atom. The number of furan rings is 1. The van der Waals surface area contributed by atoms with E-state index in [1.807, 2.05) is 23.6 Å². The molecule has 0 spiro atoms. The fourth-order valence-corrected chi connectivity index (χ4v) is 3.40. The van der Waals surface area contributed by atoms with E-state index in [0.717, 1.165) is 5.56 Å². The van der Waals surface area contributed by atoms with Gasteiger partial charge in [0.05, 0.1) is 4.88 Å². The second-order valence-electron chi connectivity index (χ2n) is 6.13. The topological polar surface area (TPSA) is 71.3 Å². The van der Waals surface area contributed by atoms with Crippen LogP contribution in [0.25, 0.3) is 11.3 Å². The van der Waals surface area contributed by atoms with Gasteiger partial charge < -0.3 is 15.1 Å². The summed E-state index contributed by atoms with van der Waals surface area (Å²) in [6.07, 6.45) is 0. The zero-order valence-electron chi connectivity index (χ0n) is 15.0. The number of halogens is 1. The highest BCUT2D eigenvalue weighted by Crippen LogP contribution is 2.24. The Bertz CT molecular complexity index is 1130. The summed E-state index contributed by atoms with van der Waals surface area (Å²) in [5, 5.41) is 8.07. The molecule has 0 aliphatic heterocycles. The molecule has 2 heterocycles. The van der Waals surface area contributed by atoms with E-state index in [9.17, 15) is 9.59 Å². The quantitative estimate of drug-likeness (QED) is 0.404. The Labute approximate surface area is 175 Å². The van der Waals surface area contributed by atoms with Crippen molar-refractivity contribution in [2.24, 2.45) is 0 Å². The zero-order valence-corrected chi connectivity index (χ0v) is 16.6. The van der Waals surface area contributed by atoms with Crippen LogP contribution in [0, 0.1) is 0 Å². The van der Waals surface area contributed by atoms with Crippen molar-refractivity contribution in [3.63, 3.8) is 0 Å². The third-order valence-electron chi connectivity index (χ3n) is 4.10. The predicted octanol–water partition coefficient (Wildman–Crippen LogP) is 6.17. The molecule has 0 aliphatic rings. The summed E-state index contributed by atoms with van der Waals surface area (Å²) < 4.78 is 5.65. The number of carbonyl (C=O) groups is 2. The molecule has 2 N–H and O–H groups in total. The molecule has 4 aromatic rings. The van der Waals surface area contributed by atoms with Crippen molar-refractivity contribution in [1.82, 2.24) is 0 Å². The van der Waals surface area contributed by atoms with Crippen LogP contribution in [-0.4, -0.2) is 11.8 Å². The number of nitrogens with one attached hydrogen (secondary N) is 2. The lowest BCUT2D eigenvalue weighted by atomic mass is 10.2. The molecule has 4 rings (SSSR count). The first kappa shape index (κ1) is 19.0. The third kappa shape index (κ3) is 4.56. The van der Waals surface area contributed by atoms with E-state index in [1.54, 1.807) is 54.6 Å². The van der Waals surface area contributed by atoms with Crippen molar-refractivity contribution in [3.05, 3.63) is 93.8 Å². The van der Waals surface area contributed by atoms with E-state index in [-0.39, 0.29) is 17.6 Å². The van der Waals surface area contributed by atoms with Crippen LogP contribution in [0.4, 0.5) is 11.4 Å². The summed E-state index contributed by atoms with van der Waals surface area (Å²) in [6.45, 7) is 0. The highest BCUT2D eigenvalue weighted by Gasteiger charge is 2.13. The van der Waals surface area contributed by atoms with Crippen LogP contribution in [0.1, 0.15) is 20.2 Å². The van der Waals surface area contributed by atoms with Crippen LogP contribution < -0.4 is 10.6 Å². The highest BCUT2D eigenvalue weighted by molar-refractivity contribution is 7.12. The average molecular weight is 423 g/mol. The number of hydrogen-bond donors (Lipinski definition) is 2. The fourth-order valence-electron chi connectivity index (χ4n) is 2.66. The number of carbonyl (C=O) groups excluding carboxylic acids is 2. The van der Waals surface area contributed by atoms with E-state index in [0.29, 0.717) is 27.0 Å². The third-order valence-corrected chi connectivity index (χ3v) is 5.22. The van der Waals surface area contributed by atoms with Gasteiger partial charge in [0.2, 0.25) is 0 Å². The molecule has 0 bridgehead atoms. The molecule has 0 fully saturated rings. The molecule has 2 aromatic carbocycles. The second kappa shape index (κ2) is 8.34. The van der Waals surface area contributed by atoms with Gasteiger partial charge in [-0.05, 0) is 72.1 Å². The van der Waals surface area contributed by atoms with Crippen molar-refractivity contribution in [3.8, 4) is 11.3 Å². The average Bonchev–Trinajstić information content (AvgIpc) is 3.42. The van der Waals surface area contributed by atoms with Gasteiger partial charge >= 0.3 is 0 Å². The Morgan fingerprint density at radius 1 is 0.793 bits per heavy atom. The van der Waals surface area contributed by atoms with Crippen molar-refractivity contribution in [2.75, 3.05) is 10.6 Å². The molecule has 0 atom stereocenters. The van der Waals surface area contributed by atoms with Crippen LogP contribution in [-0.2, 0) is 0 Å². The first-order valence-corrected chi connectivity index (χ1v) is 9.96. The second-order valence-corrected chi connectivity index (χ2v) is 7.52. The van der Waals surface area contributed by atoms with Gasteiger partial charge in [-0.2, -0.15) is 0 Å². The maximum atomic E-state index is 12.4. The minimum absolute atomic E-state index is 0.165. The van der Waals surface area contributed by atoms with Gasteiger partial charge in [0, 0.05) is 22.0 Å². The normalized spacial score (nSPS) is 10.5. The Kier molecular flexibility index (Phi) is 5.46. The molecular formula is C22H15ClN2O3S. The molecule has 0 aliphatic carbocycles. The molecule has 2 aromatic heterocycles. The minimum atomic E-state index is -0.361. The first-order chi connectivity index (χ1) is 14.1. The SMILES string of the molecule is O=C(Nc1ccc(NC(=O)c2cccs2)cc1)c1ccc(-c2ccc(Cl)cc2)o1. The lowest BCUT2D eigenvalue weighted by Gasteiger charge is -2.06. The van der Waals surface area contributed by atoms with Crippen LogP contribution in [0.5, 0.6) is 0 Å². The summed E-state index contributed by atoms with van der Waals surface area (Å²) in [5.41, 5.74) is 2.07. The molecule has 5 nitrogen and oxygen atoms in total. The molecule has 0 saturated carbocycles. The van der Waals surface area contributed by atoms with Gasteiger partial charge in [-0.15, -0.1) is 11.3 Å². The molecule has 0 radical (unpaired) electrons. The number of hydrogen-bond acceptors (Lipinski definition) is 4. The van der Waals surface area contributed by atoms with Crippen LogP contribution in [0.15, 0.2) is 82.6 Å². The lowest BCUT2D eigenvalue weighted by molar-refractivity contribution is 0.0995. The molecule has 29 heavy (non-hydrogen) atoms. The summed E-state index contributed by atoms with van der Waals surface area (Å²) >= 11 is 7.27. The summed E-state index contributed by atoms with van der Waals surface area (Å²) in [6, 6.07) is 21.0. The summed E-state index contributed by atoms with van der Waals surface area (Å²) in [5.74, 6) is 0.256. The van der Waals surface area contributed by atoms with Gasteiger partial charge in [-0.25, -0.2) is 0 Å². The van der Waals surface area contributed by atoms with Gasteiger partial charge in [-0.3, -0.25) is 9.59 Å². The zero-order chi connectivity index (χ0) is 20.2. The first-order valence-electron chi connectivity index (χ1n) is 8.70. The molecule has 0 unspecified atom stereocenters. The smallest absolute Gasteiger partial charge is 0.291 e. The van der Waals surface area contributed by atoms with Crippen molar-refractivity contribution in [1.29, 1.82) is 0 Å². The molecule has 144 valence electrons. The predicted molar refractivity (Wildman–Crippen MR) is 116 cm³/mol. The van der Waals surface area contributed by atoms with Gasteiger partial charge in [0.15, 0.2) is 5.76 Å². The van der Waals surface area contributed by atoms with Crippen LogP contribution in [0.2, 0.25) is 5.02 Å². The summed E-state index contributed by atoms with van der Waals surface area (Å²) in [4.78, 5) is 25.1. The van der Waals surface area contributed by atoms with Crippen LogP contribution in [0.3, 0.4) is 0 Å². The van der Waals surface area contributed by atoms with Crippen LogP contribution >= 0.6 is 22.9 Å². The fraction of sp³-hybridized carbons (Fsp3) is 0. The standard InChI is InChI=1S/C22H15ClN2O3S/c23-15-5-3-14(4-6-15)18-11-12-19(28-18)21(26)24-16-7-9-17(10-8-16)25-22(27)20-2-1-13-29-20/h1-13H,(H,24,26)(H,25,27). The van der Waals surface area contributed by atoms with Gasteiger partial charge in [0.25, 0.3) is 11.8 Å². The molecule has 0 saturated heterocycles. The highest BCUT2D eigenvalue weighted by atomic mass is 35.5. The van der Waals surface area contributed by atoms with Crippen molar-refractivity contribution < 1.29 is 14.0 Å². The Hall–Kier alpha value is -3.35. The maximum absolute atomic E-state index is 12.4. The number of anilines is 2. The number of rotatable bonds is 5. The van der Waals surface area contributed by atoms with E-state index in [4.69, 9.17) is 16.0 Å². The van der Waals surface area contributed by atoms with E-state index < -0.39 is 0 Å². The maximum Gasteiger partial charge on any atom is 0.291 e. The Balaban J connectivity index is 1.39. The Morgan fingerprint density at radius 3 is 2.07 bits per heavy atom. The van der Waals surface area contributed by atoms with E-state index in [1.165, 1.54) is 11.3 Å². The summed E-state index contributed by atoms with van der Waals surface area (Å²) in [7, 11) is 0. The lowest BCUT2D eigenvalue weighted by Crippen LogP contribution is -2.12. The van der Waals surface area contributed by atoms with Gasteiger partial charge in [-0.1, -0.05) is 17.7 Å². The van der Waals surface area contributed by atoms with Crippen molar-refractivity contribution >= 4 is 46.1 Å². The molecule has 2 amide bonds. The molecular weight excluding hydrogens is 408 g/mol. The number of thiophene rings is 1. The van der Waals surface area contributed by atoms with Gasteiger partial charge in [0.1, 0.15) is 5.76 Å². The van der Waals surface area contributed by atoms with E-state index in [2.05, 4.69) is 10.6 Å². The van der Waals surface area contributed by atoms with Crippen molar-refractivity contribution in [2.45, 2.75) is 0 Å².